The third-order valence-electron chi connectivity index (χ3n) is 5.60. The van der Waals surface area contributed by atoms with Crippen LogP contribution in [0.15, 0.2) is 18.2 Å². The molecule has 1 aromatic carbocycles. The first-order valence-corrected chi connectivity index (χ1v) is 10.9. The molecule has 0 aromatic heterocycles. The number of hydrogen-bond donors (Lipinski definition) is 1. The second-order valence-electron chi connectivity index (χ2n) is 8.86. The van der Waals surface area contributed by atoms with Crippen LogP contribution in [0.5, 0.6) is 5.75 Å². The zero-order chi connectivity index (χ0) is 21.3. The van der Waals surface area contributed by atoms with E-state index in [1.165, 1.54) is 12.1 Å². The average Bonchev–Trinajstić information content (AvgIpc) is 2.77. The van der Waals surface area contributed by atoms with E-state index in [1.54, 1.807) is 6.07 Å². The quantitative estimate of drug-likeness (QED) is 0.613. The molecule has 0 aliphatic carbocycles. The normalized spacial score (nSPS) is 20.8. The molecule has 2 N–H and O–H groups in total. The SMILES string of the molecule is CC(C)(C[C@H](CCOc1ccc(Cl)c(F)c1)B1OC(C)(C)C(C)(C)O1)S(N)=O. The summed E-state index contributed by atoms with van der Waals surface area (Å²) >= 11 is 5.70. The predicted octanol–water partition coefficient (Wildman–Crippen LogP) is 4.50. The summed E-state index contributed by atoms with van der Waals surface area (Å²) in [5, 5.41) is 5.73. The predicted molar refractivity (Wildman–Crippen MR) is 112 cm³/mol. The van der Waals surface area contributed by atoms with Gasteiger partial charge >= 0.3 is 7.12 Å². The topological polar surface area (TPSA) is 70.8 Å². The van der Waals surface area contributed by atoms with Gasteiger partial charge in [-0.25, -0.2) is 8.60 Å². The van der Waals surface area contributed by atoms with E-state index in [4.69, 9.17) is 30.8 Å². The lowest BCUT2D eigenvalue weighted by Crippen LogP contribution is -2.41. The lowest BCUT2D eigenvalue weighted by Gasteiger charge is -2.32. The molecule has 0 radical (unpaired) electrons. The van der Waals surface area contributed by atoms with Crippen molar-refractivity contribution in [3.8, 4) is 5.75 Å². The van der Waals surface area contributed by atoms with Crippen LogP contribution in [0, 0.1) is 5.82 Å². The Kier molecular flexibility index (Phi) is 7.25. The minimum Gasteiger partial charge on any atom is -0.494 e. The van der Waals surface area contributed by atoms with Crippen LogP contribution in [0.3, 0.4) is 0 Å². The second kappa shape index (κ2) is 8.60. The molecule has 2 rings (SSSR count). The number of ether oxygens (including phenoxy) is 1. The monoisotopic (exact) mass is 433 g/mol. The zero-order valence-electron chi connectivity index (χ0n) is 17.4. The van der Waals surface area contributed by atoms with Gasteiger partial charge in [0.05, 0.1) is 38.6 Å². The van der Waals surface area contributed by atoms with Crippen LogP contribution in [0.1, 0.15) is 54.4 Å². The van der Waals surface area contributed by atoms with Crippen molar-refractivity contribution in [2.45, 2.75) is 76.2 Å². The maximum atomic E-state index is 13.6. The van der Waals surface area contributed by atoms with Gasteiger partial charge in [-0.3, -0.25) is 5.14 Å². The summed E-state index contributed by atoms with van der Waals surface area (Å²) in [7, 11) is -1.97. The molecule has 1 heterocycles. The van der Waals surface area contributed by atoms with Crippen LogP contribution in [-0.2, 0) is 20.3 Å². The van der Waals surface area contributed by atoms with Crippen LogP contribution >= 0.6 is 11.6 Å². The lowest BCUT2D eigenvalue weighted by atomic mass is 9.66. The van der Waals surface area contributed by atoms with Crippen LogP contribution in [-0.4, -0.2) is 33.9 Å². The second-order valence-corrected chi connectivity index (χ2v) is 11.0. The standard InChI is InChI=1S/C19H30BClFNO4S/c1-17(2,28(23)24)12-13(20-26-18(3,4)19(5,6)27-20)9-10-25-14-7-8-15(21)16(22)11-14/h7-8,11,13H,9-10,12,23H2,1-6H3/t13-,28?/m0/s1. The Bertz CT molecular complexity index is 716. The van der Waals surface area contributed by atoms with Crippen LogP contribution in [0.4, 0.5) is 4.39 Å². The van der Waals surface area contributed by atoms with E-state index in [0.717, 1.165) is 0 Å². The molecule has 158 valence electrons. The number of halogens is 2. The largest absolute Gasteiger partial charge is 0.494 e. The van der Waals surface area contributed by atoms with Crippen molar-refractivity contribution < 1.29 is 22.6 Å². The first kappa shape index (κ1) is 23.6. The highest BCUT2D eigenvalue weighted by Gasteiger charge is 2.54. The minimum absolute atomic E-state index is 0.0506. The van der Waals surface area contributed by atoms with Crippen molar-refractivity contribution in [1.82, 2.24) is 0 Å². The maximum Gasteiger partial charge on any atom is 0.461 e. The summed E-state index contributed by atoms with van der Waals surface area (Å²) in [5.74, 6) is -0.224. The van der Waals surface area contributed by atoms with E-state index >= 15 is 0 Å². The maximum absolute atomic E-state index is 13.6. The van der Waals surface area contributed by atoms with Gasteiger partial charge in [0, 0.05) is 6.07 Å². The zero-order valence-corrected chi connectivity index (χ0v) is 19.0. The molecule has 5 nitrogen and oxygen atoms in total. The Hall–Kier alpha value is -0.665. The molecule has 1 saturated heterocycles. The molecule has 0 spiro atoms. The summed E-state index contributed by atoms with van der Waals surface area (Å²) in [6.45, 7) is 12.0. The first-order chi connectivity index (χ1) is 12.7. The van der Waals surface area contributed by atoms with Gasteiger partial charge in [0.1, 0.15) is 11.6 Å². The molecule has 1 unspecified atom stereocenters. The Morgan fingerprint density at radius 1 is 1.29 bits per heavy atom. The van der Waals surface area contributed by atoms with Crippen molar-refractivity contribution in [2.24, 2.45) is 5.14 Å². The summed E-state index contributed by atoms with van der Waals surface area (Å²) in [5.41, 5.74) is -0.940. The van der Waals surface area contributed by atoms with Crippen LogP contribution < -0.4 is 9.88 Å². The van der Waals surface area contributed by atoms with Crippen LogP contribution in [0.2, 0.25) is 10.8 Å². The van der Waals surface area contributed by atoms with Gasteiger partial charge in [-0.15, -0.1) is 0 Å². The fourth-order valence-electron chi connectivity index (χ4n) is 3.02. The van der Waals surface area contributed by atoms with Crippen molar-refractivity contribution in [3.05, 3.63) is 29.0 Å². The molecule has 1 aliphatic heterocycles. The molecule has 1 aromatic rings. The highest BCUT2D eigenvalue weighted by Crippen LogP contribution is 2.43. The number of hydrogen-bond acceptors (Lipinski definition) is 4. The smallest absolute Gasteiger partial charge is 0.461 e. The minimum atomic E-state index is -1.50. The van der Waals surface area contributed by atoms with E-state index in [0.29, 0.717) is 25.2 Å². The summed E-state index contributed by atoms with van der Waals surface area (Å²) in [6, 6.07) is 4.33. The summed E-state index contributed by atoms with van der Waals surface area (Å²) < 4.78 is 43.0. The van der Waals surface area contributed by atoms with E-state index in [-0.39, 0.29) is 10.8 Å². The Morgan fingerprint density at radius 3 is 2.36 bits per heavy atom. The third-order valence-corrected chi connectivity index (χ3v) is 7.17. The fraction of sp³-hybridized carbons (Fsp3) is 0.684. The first-order valence-electron chi connectivity index (χ1n) is 9.35. The van der Waals surface area contributed by atoms with Gasteiger partial charge < -0.3 is 14.0 Å². The molecule has 9 heteroatoms. The summed E-state index contributed by atoms with van der Waals surface area (Å²) in [6.07, 6.45) is 1.10. The van der Waals surface area contributed by atoms with Gasteiger partial charge in [-0.2, -0.15) is 0 Å². The number of benzene rings is 1. The molecular formula is C19H30BClFNO4S. The number of rotatable bonds is 8. The fourth-order valence-corrected chi connectivity index (χ4v) is 3.52. The van der Waals surface area contributed by atoms with E-state index in [2.05, 4.69) is 0 Å². The molecular weight excluding hydrogens is 404 g/mol. The molecule has 1 fully saturated rings. The summed E-state index contributed by atoms with van der Waals surface area (Å²) in [4.78, 5) is 0. The van der Waals surface area contributed by atoms with Crippen molar-refractivity contribution in [3.63, 3.8) is 0 Å². The highest BCUT2D eigenvalue weighted by molar-refractivity contribution is 7.84. The average molecular weight is 434 g/mol. The van der Waals surface area contributed by atoms with Crippen molar-refractivity contribution in [2.75, 3.05) is 6.61 Å². The Balaban J connectivity index is 2.10. The van der Waals surface area contributed by atoms with Crippen molar-refractivity contribution >= 4 is 29.7 Å². The molecule has 0 saturated carbocycles. The molecule has 0 amide bonds. The van der Waals surface area contributed by atoms with Gasteiger partial charge in [-0.05, 0) is 72.3 Å². The van der Waals surface area contributed by atoms with Gasteiger partial charge in [0.2, 0.25) is 0 Å². The van der Waals surface area contributed by atoms with E-state index in [9.17, 15) is 8.60 Å². The Labute approximate surface area is 175 Å². The molecule has 28 heavy (non-hydrogen) atoms. The van der Waals surface area contributed by atoms with Gasteiger partial charge in [0.15, 0.2) is 0 Å². The highest BCUT2D eigenvalue weighted by atomic mass is 35.5. The number of nitrogens with two attached hydrogens (primary N) is 1. The van der Waals surface area contributed by atoms with E-state index < -0.39 is 39.9 Å². The van der Waals surface area contributed by atoms with Gasteiger partial charge in [-0.1, -0.05) is 11.6 Å². The molecule has 2 atom stereocenters. The Morgan fingerprint density at radius 2 is 1.86 bits per heavy atom. The lowest BCUT2D eigenvalue weighted by molar-refractivity contribution is 0.00578. The molecule has 0 bridgehead atoms. The van der Waals surface area contributed by atoms with Gasteiger partial charge in [0.25, 0.3) is 0 Å². The third kappa shape index (κ3) is 5.48. The molecule has 1 aliphatic rings. The van der Waals surface area contributed by atoms with Crippen LogP contribution in [0.25, 0.3) is 0 Å². The van der Waals surface area contributed by atoms with E-state index in [1.807, 2.05) is 41.5 Å². The van der Waals surface area contributed by atoms with Crippen molar-refractivity contribution in [1.29, 1.82) is 0 Å².